The lowest BCUT2D eigenvalue weighted by atomic mass is 9.95. The first-order valence-electron chi connectivity index (χ1n) is 5.71. The van der Waals surface area contributed by atoms with Gasteiger partial charge < -0.3 is 5.73 Å². The Kier molecular flexibility index (Phi) is 3.70. The Hall–Kier alpha value is -0.0500. The third kappa shape index (κ3) is 2.55. The van der Waals surface area contributed by atoms with E-state index in [-0.39, 0.29) is 6.04 Å². The topological polar surface area (TPSA) is 26.0 Å². The average molecular weight is 244 g/mol. The van der Waals surface area contributed by atoms with Crippen LogP contribution in [-0.4, -0.2) is 0 Å². The molecule has 1 nitrogen and oxygen atoms in total. The second-order valence-corrected chi connectivity index (χ2v) is 6.26. The van der Waals surface area contributed by atoms with E-state index >= 15 is 0 Å². The van der Waals surface area contributed by atoms with Gasteiger partial charge in [0.25, 0.3) is 0 Å². The molecule has 0 amide bonds. The highest BCUT2D eigenvalue weighted by Crippen LogP contribution is 2.41. The molecule has 1 aliphatic rings. The van der Waals surface area contributed by atoms with Gasteiger partial charge in [0, 0.05) is 10.9 Å². The van der Waals surface area contributed by atoms with Crippen LogP contribution in [0, 0.1) is 11.8 Å². The highest BCUT2D eigenvalue weighted by atomic mass is 35.5. The van der Waals surface area contributed by atoms with Gasteiger partial charge in [-0.3, -0.25) is 0 Å². The summed E-state index contributed by atoms with van der Waals surface area (Å²) in [6.45, 7) is 2.28. The van der Waals surface area contributed by atoms with E-state index in [0.717, 1.165) is 10.3 Å². The summed E-state index contributed by atoms with van der Waals surface area (Å²) in [6, 6.07) is 4.24. The SMILES string of the molecule is CCC1CCC(C(N)c2ccc(Cl)s2)C1. The molecule has 1 aliphatic carbocycles. The lowest BCUT2D eigenvalue weighted by molar-refractivity contribution is 0.420. The van der Waals surface area contributed by atoms with Gasteiger partial charge in [0.1, 0.15) is 0 Å². The van der Waals surface area contributed by atoms with Crippen LogP contribution in [0.1, 0.15) is 43.5 Å². The molecule has 1 heterocycles. The lowest BCUT2D eigenvalue weighted by Gasteiger charge is -2.17. The molecular weight excluding hydrogens is 226 g/mol. The maximum Gasteiger partial charge on any atom is 0.0931 e. The first kappa shape index (κ1) is 11.4. The van der Waals surface area contributed by atoms with Crippen LogP contribution in [0.25, 0.3) is 0 Å². The number of nitrogens with two attached hydrogens (primary N) is 1. The van der Waals surface area contributed by atoms with E-state index in [4.69, 9.17) is 17.3 Å². The minimum absolute atomic E-state index is 0.207. The van der Waals surface area contributed by atoms with E-state index < -0.39 is 0 Å². The van der Waals surface area contributed by atoms with Gasteiger partial charge in [0.2, 0.25) is 0 Å². The predicted octanol–water partition coefficient (Wildman–Crippen LogP) is 4.23. The molecule has 1 aromatic heterocycles. The maximum absolute atomic E-state index is 6.28. The zero-order chi connectivity index (χ0) is 10.8. The Balaban J connectivity index is 2.00. The van der Waals surface area contributed by atoms with Gasteiger partial charge in [0.15, 0.2) is 0 Å². The molecule has 0 aromatic carbocycles. The monoisotopic (exact) mass is 243 g/mol. The molecule has 15 heavy (non-hydrogen) atoms. The summed E-state index contributed by atoms with van der Waals surface area (Å²) in [5.41, 5.74) is 6.28. The quantitative estimate of drug-likeness (QED) is 0.845. The van der Waals surface area contributed by atoms with E-state index in [1.54, 1.807) is 11.3 Å². The predicted molar refractivity (Wildman–Crippen MR) is 67.4 cm³/mol. The van der Waals surface area contributed by atoms with E-state index in [0.29, 0.717) is 5.92 Å². The fourth-order valence-electron chi connectivity index (χ4n) is 2.55. The summed E-state index contributed by atoms with van der Waals surface area (Å²) < 4.78 is 0.852. The Labute approximate surface area is 101 Å². The summed E-state index contributed by atoms with van der Waals surface area (Å²) in [7, 11) is 0. The highest BCUT2D eigenvalue weighted by molar-refractivity contribution is 7.16. The summed E-state index contributed by atoms with van der Waals surface area (Å²) in [4.78, 5) is 1.25. The van der Waals surface area contributed by atoms with Crippen LogP contribution in [0.5, 0.6) is 0 Å². The number of hydrogen-bond donors (Lipinski definition) is 1. The third-order valence-corrected chi connectivity index (χ3v) is 4.92. The van der Waals surface area contributed by atoms with Crippen molar-refractivity contribution in [2.24, 2.45) is 17.6 Å². The van der Waals surface area contributed by atoms with Crippen LogP contribution in [0.15, 0.2) is 12.1 Å². The minimum atomic E-state index is 0.207. The molecule has 3 unspecified atom stereocenters. The third-order valence-electron chi connectivity index (χ3n) is 3.59. The molecule has 1 aromatic rings. The second kappa shape index (κ2) is 4.86. The van der Waals surface area contributed by atoms with Gasteiger partial charge in [-0.1, -0.05) is 31.4 Å². The second-order valence-electron chi connectivity index (χ2n) is 4.52. The number of hydrogen-bond acceptors (Lipinski definition) is 2. The Morgan fingerprint density at radius 1 is 1.53 bits per heavy atom. The van der Waals surface area contributed by atoms with Crippen molar-refractivity contribution < 1.29 is 0 Å². The Bertz CT molecular complexity index is 323. The molecule has 3 atom stereocenters. The van der Waals surface area contributed by atoms with Crippen molar-refractivity contribution in [2.75, 3.05) is 0 Å². The van der Waals surface area contributed by atoms with Gasteiger partial charge in [-0.15, -0.1) is 11.3 Å². The van der Waals surface area contributed by atoms with Gasteiger partial charge in [-0.05, 0) is 36.8 Å². The van der Waals surface area contributed by atoms with Crippen molar-refractivity contribution in [3.05, 3.63) is 21.3 Å². The molecule has 3 heteroatoms. The smallest absolute Gasteiger partial charge is 0.0931 e. The summed E-state index contributed by atoms with van der Waals surface area (Å²) in [5.74, 6) is 1.57. The lowest BCUT2D eigenvalue weighted by Crippen LogP contribution is -2.18. The van der Waals surface area contributed by atoms with E-state index in [2.05, 4.69) is 13.0 Å². The average Bonchev–Trinajstić information content (AvgIpc) is 2.84. The first-order valence-corrected chi connectivity index (χ1v) is 6.91. The molecule has 0 spiro atoms. The van der Waals surface area contributed by atoms with E-state index in [1.165, 1.54) is 30.6 Å². The van der Waals surface area contributed by atoms with Crippen molar-refractivity contribution in [3.63, 3.8) is 0 Å². The van der Waals surface area contributed by atoms with Crippen molar-refractivity contribution in [2.45, 2.75) is 38.6 Å². The number of rotatable bonds is 3. The number of halogens is 1. The van der Waals surface area contributed by atoms with Crippen LogP contribution in [0.4, 0.5) is 0 Å². The fraction of sp³-hybridized carbons (Fsp3) is 0.667. The Morgan fingerprint density at radius 2 is 2.33 bits per heavy atom. The van der Waals surface area contributed by atoms with Gasteiger partial charge in [-0.25, -0.2) is 0 Å². The minimum Gasteiger partial charge on any atom is -0.323 e. The van der Waals surface area contributed by atoms with Crippen LogP contribution in [0.3, 0.4) is 0 Å². The van der Waals surface area contributed by atoms with Crippen LogP contribution >= 0.6 is 22.9 Å². The van der Waals surface area contributed by atoms with Crippen LogP contribution in [0.2, 0.25) is 4.34 Å². The summed E-state index contributed by atoms with van der Waals surface area (Å²) >= 11 is 7.56. The zero-order valence-electron chi connectivity index (χ0n) is 9.08. The molecule has 0 saturated heterocycles. The maximum atomic E-state index is 6.28. The molecule has 0 aliphatic heterocycles. The largest absolute Gasteiger partial charge is 0.323 e. The van der Waals surface area contributed by atoms with Gasteiger partial charge >= 0.3 is 0 Å². The van der Waals surface area contributed by atoms with Gasteiger partial charge in [-0.2, -0.15) is 0 Å². The van der Waals surface area contributed by atoms with Crippen molar-refractivity contribution >= 4 is 22.9 Å². The molecule has 84 valence electrons. The molecular formula is C12H18ClNS. The van der Waals surface area contributed by atoms with E-state index in [9.17, 15) is 0 Å². The molecule has 0 radical (unpaired) electrons. The summed E-state index contributed by atoms with van der Waals surface area (Å²) in [6.07, 6.45) is 5.24. The first-order chi connectivity index (χ1) is 7.20. The summed E-state index contributed by atoms with van der Waals surface area (Å²) in [5, 5.41) is 0. The Morgan fingerprint density at radius 3 is 2.87 bits per heavy atom. The van der Waals surface area contributed by atoms with Gasteiger partial charge in [0.05, 0.1) is 4.34 Å². The standard InChI is InChI=1S/C12H18ClNS/c1-2-8-3-4-9(7-8)12(14)10-5-6-11(13)15-10/h5-6,8-9,12H,2-4,7,14H2,1H3. The van der Waals surface area contributed by atoms with Crippen LogP contribution < -0.4 is 5.73 Å². The molecule has 2 rings (SSSR count). The molecule has 2 N–H and O–H groups in total. The van der Waals surface area contributed by atoms with E-state index in [1.807, 2.05) is 6.07 Å². The van der Waals surface area contributed by atoms with Crippen LogP contribution in [-0.2, 0) is 0 Å². The fourth-order valence-corrected chi connectivity index (χ4v) is 3.71. The van der Waals surface area contributed by atoms with Crippen molar-refractivity contribution in [1.29, 1.82) is 0 Å². The van der Waals surface area contributed by atoms with Crippen molar-refractivity contribution in [3.8, 4) is 0 Å². The van der Waals surface area contributed by atoms with Crippen molar-refractivity contribution in [1.82, 2.24) is 0 Å². The molecule has 1 saturated carbocycles. The molecule has 0 bridgehead atoms. The molecule has 1 fully saturated rings. The normalized spacial score (nSPS) is 28.2. The highest BCUT2D eigenvalue weighted by Gasteiger charge is 2.29. The number of thiophene rings is 1. The zero-order valence-corrected chi connectivity index (χ0v) is 10.7.